The molecule has 0 spiro atoms. The van der Waals surface area contributed by atoms with Crippen LogP contribution in [0.5, 0.6) is 0 Å². The number of nitrogens with one attached hydrogen (secondary N) is 1. The number of aliphatic carboxylic acids is 1. The van der Waals surface area contributed by atoms with Crippen LogP contribution in [0.1, 0.15) is 19.8 Å². The maximum absolute atomic E-state index is 11.9. The number of hydrogen-bond donors (Lipinski definition) is 2. The Labute approximate surface area is 90.8 Å². The minimum atomic E-state index is -4.42. The van der Waals surface area contributed by atoms with Crippen molar-refractivity contribution >= 4 is 5.97 Å². The topological polar surface area (TPSA) is 58.6 Å². The van der Waals surface area contributed by atoms with Crippen LogP contribution in [0.4, 0.5) is 13.2 Å². The summed E-state index contributed by atoms with van der Waals surface area (Å²) in [5, 5.41) is 10.8. The van der Waals surface area contributed by atoms with Gasteiger partial charge in [0.2, 0.25) is 0 Å². The summed E-state index contributed by atoms with van der Waals surface area (Å²) in [6, 6.07) is -1.30. The Kier molecular flexibility index (Phi) is 4.15. The number of carbonyl (C=O) groups is 1. The van der Waals surface area contributed by atoms with E-state index in [4.69, 9.17) is 9.84 Å². The lowest BCUT2D eigenvalue weighted by molar-refractivity contribution is -0.148. The quantitative estimate of drug-likeness (QED) is 0.775. The molecule has 0 amide bonds. The summed E-state index contributed by atoms with van der Waals surface area (Å²) in [5.41, 5.74) is 0. The molecular weight excluding hydrogens is 227 g/mol. The number of halogens is 3. The molecule has 3 unspecified atom stereocenters. The zero-order chi connectivity index (χ0) is 12.3. The van der Waals surface area contributed by atoms with Crippen molar-refractivity contribution in [1.82, 2.24) is 5.32 Å². The standard InChI is InChI=1S/C9H14F3NO3/c1-5-2-3-6(16-5)7(8(14)15)13-4-9(10,11)12/h5-7,13H,2-4H2,1H3,(H,14,15). The lowest BCUT2D eigenvalue weighted by Crippen LogP contribution is -2.49. The minimum absolute atomic E-state index is 0.0977. The smallest absolute Gasteiger partial charge is 0.401 e. The van der Waals surface area contributed by atoms with E-state index >= 15 is 0 Å². The van der Waals surface area contributed by atoms with Crippen molar-refractivity contribution in [3.8, 4) is 0 Å². The normalized spacial score (nSPS) is 28.0. The highest BCUT2D eigenvalue weighted by molar-refractivity contribution is 5.74. The predicted molar refractivity (Wildman–Crippen MR) is 49.1 cm³/mol. The van der Waals surface area contributed by atoms with Gasteiger partial charge in [-0.25, -0.2) is 0 Å². The average molecular weight is 241 g/mol. The molecule has 0 aliphatic carbocycles. The first-order chi connectivity index (χ1) is 7.29. The second kappa shape index (κ2) is 5.01. The largest absolute Gasteiger partial charge is 0.480 e. The van der Waals surface area contributed by atoms with Gasteiger partial charge in [-0.05, 0) is 19.8 Å². The maximum atomic E-state index is 11.9. The minimum Gasteiger partial charge on any atom is -0.480 e. The molecule has 0 aromatic rings. The van der Waals surface area contributed by atoms with E-state index in [1.165, 1.54) is 0 Å². The molecule has 0 saturated carbocycles. The molecule has 2 N–H and O–H groups in total. The average Bonchev–Trinajstić information content (AvgIpc) is 2.49. The molecule has 94 valence electrons. The number of carboxylic acids is 1. The summed E-state index contributed by atoms with van der Waals surface area (Å²) in [7, 11) is 0. The summed E-state index contributed by atoms with van der Waals surface area (Å²) < 4.78 is 41.1. The van der Waals surface area contributed by atoms with Gasteiger partial charge in [-0.2, -0.15) is 13.2 Å². The molecule has 0 aromatic carbocycles. The first-order valence-electron chi connectivity index (χ1n) is 4.98. The molecule has 16 heavy (non-hydrogen) atoms. The van der Waals surface area contributed by atoms with Gasteiger partial charge < -0.3 is 9.84 Å². The van der Waals surface area contributed by atoms with Crippen molar-refractivity contribution in [2.45, 2.75) is 44.2 Å². The molecule has 7 heteroatoms. The van der Waals surface area contributed by atoms with Gasteiger partial charge in [-0.3, -0.25) is 10.1 Å². The number of ether oxygens (including phenoxy) is 1. The van der Waals surface area contributed by atoms with Crippen molar-refractivity contribution in [1.29, 1.82) is 0 Å². The Balaban J connectivity index is 2.51. The first kappa shape index (κ1) is 13.2. The van der Waals surface area contributed by atoms with Crippen molar-refractivity contribution in [3.05, 3.63) is 0 Å². The van der Waals surface area contributed by atoms with Crippen LogP contribution < -0.4 is 5.32 Å². The molecule has 3 atom stereocenters. The molecule has 1 rings (SSSR count). The van der Waals surface area contributed by atoms with Gasteiger partial charge in [0.15, 0.2) is 0 Å². The van der Waals surface area contributed by atoms with Crippen LogP contribution in [-0.2, 0) is 9.53 Å². The third-order valence-corrected chi connectivity index (χ3v) is 2.43. The SMILES string of the molecule is CC1CCC(C(NCC(F)(F)F)C(=O)O)O1. The fourth-order valence-electron chi connectivity index (χ4n) is 1.68. The highest BCUT2D eigenvalue weighted by Gasteiger charge is 2.37. The van der Waals surface area contributed by atoms with Crippen molar-refractivity contribution in [3.63, 3.8) is 0 Å². The van der Waals surface area contributed by atoms with Crippen LogP contribution in [0, 0.1) is 0 Å². The van der Waals surface area contributed by atoms with Gasteiger partial charge in [0.05, 0.1) is 18.8 Å². The molecular formula is C9H14F3NO3. The van der Waals surface area contributed by atoms with Crippen LogP contribution in [0.3, 0.4) is 0 Å². The fourth-order valence-corrected chi connectivity index (χ4v) is 1.68. The van der Waals surface area contributed by atoms with Crippen LogP contribution >= 0.6 is 0 Å². The Morgan fingerprint density at radius 1 is 1.56 bits per heavy atom. The lowest BCUT2D eigenvalue weighted by Gasteiger charge is -2.21. The molecule has 1 saturated heterocycles. The Bertz CT molecular complexity index is 257. The van der Waals surface area contributed by atoms with Gasteiger partial charge in [-0.15, -0.1) is 0 Å². The van der Waals surface area contributed by atoms with E-state index in [0.717, 1.165) is 0 Å². The van der Waals surface area contributed by atoms with Gasteiger partial charge in [0, 0.05) is 0 Å². The van der Waals surface area contributed by atoms with E-state index in [2.05, 4.69) is 0 Å². The van der Waals surface area contributed by atoms with Crippen LogP contribution in [0.2, 0.25) is 0 Å². The maximum Gasteiger partial charge on any atom is 0.401 e. The third-order valence-electron chi connectivity index (χ3n) is 2.43. The molecule has 4 nitrogen and oxygen atoms in total. The van der Waals surface area contributed by atoms with E-state index in [9.17, 15) is 18.0 Å². The van der Waals surface area contributed by atoms with Crippen molar-refractivity contribution < 1.29 is 27.8 Å². The highest BCUT2D eigenvalue weighted by Crippen LogP contribution is 2.22. The summed E-state index contributed by atoms with van der Waals surface area (Å²) in [4.78, 5) is 10.8. The third kappa shape index (κ3) is 3.97. The van der Waals surface area contributed by atoms with Crippen LogP contribution in [0.25, 0.3) is 0 Å². The zero-order valence-corrected chi connectivity index (χ0v) is 8.75. The number of carboxylic acid groups (broad SMARTS) is 1. The van der Waals surface area contributed by atoms with E-state index < -0.39 is 30.8 Å². The Hall–Kier alpha value is -0.820. The number of alkyl halides is 3. The van der Waals surface area contributed by atoms with Crippen molar-refractivity contribution in [2.24, 2.45) is 0 Å². The van der Waals surface area contributed by atoms with Gasteiger partial charge in [-0.1, -0.05) is 0 Å². The second-order valence-electron chi connectivity index (χ2n) is 3.87. The van der Waals surface area contributed by atoms with E-state index in [0.29, 0.717) is 12.8 Å². The van der Waals surface area contributed by atoms with Gasteiger partial charge >= 0.3 is 12.1 Å². The molecule has 1 heterocycles. The number of hydrogen-bond acceptors (Lipinski definition) is 3. The molecule has 1 aliphatic rings. The molecule has 1 aliphatic heterocycles. The summed E-state index contributed by atoms with van der Waals surface area (Å²) in [6.45, 7) is 0.445. The summed E-state index contributed by atoms with van der Waals surface area (Å²) >= 11 is 0. The lowest BCUT2D eigenvalue weighted by atomic mass is 10.1. The van der Waals surface area contributed by atoms with Crippen LogP contribution in [-0.4, -0.2) is 42.0 Å². The summed E-state index contributed by atoms with van der Waals surface area (Å²) in [5.74, 6) is -1.32. The summed E-state index contributed by atoms with van der Waals surface area (Å²) in [6.07, 6.45) is -4.07. The fraction of sp³-hybridized carbons (Fsp3) is 0.889. The van der Waals surface area contributed by atoms with Crippen LogP contribution in [0.15, 0.2) is 0 Å². The van der Waals surface area contributed by atoms with E-state index in [-0.39, 0.29) is 6.10 Å². The zero-order valence-electron chi connectivity index (χ0n) is 8.75. The first-order valence-corrected chi connectivity index (χ1v) is 4.98. The van der Waals surface area contributed by atoms with Gasteiger partial charge in [0.1, 0.15) is 6.04 Å². The van der Waals surface area contributed by atoms with E-state index in [1.54, 1.807) is 6.92 Å². The monoisotopic (exact) mass is 241 g/mol. The second-order valence-corrected chi connectivity index (χ2v) is 3.87. The molecule has 1 fully saturated rings. The molecule has 0 bridgehead atoms. The Morgan fingerprint density at radius 2 is 2.19 bits per heavy atom. The molecule has 0 aromatic heterocycles. The van der Waals surface area contributed by atoms with Crippen molar-refractivity contribution in [2.75, 3.05) is 6.54 Å². The van der Waals surface area contributed by atoms with E-state index in [1.807, 2.05) is 5.32 Å². The highest BCUT2D eigenvalue weighted by atomic mass is 19.4. The predicted octanol–water partition coefficient (Wildman–Crippen LogP) is 1.16. The Morgan fingerprint density at radius 3 is 2.56 bits per heavy atom. The molecule has 0 radical (unpaired) electrons. The number of rotatable bonds is 4. The van der Waals surface area contributed by atoms with Gasteiger partial charge in [0.25, 0.3) is 0 Å².